The molecule has 9 heteroatoms. The van der Waals surface area contributed by atoms with Crippen LogP contribution in [0.25, 0.3) is 0 Å². The minimum absolute atomic E-state index is 0.238. The molecule has 3 aliphatic heterocycles. The molecule has 0 bridgehead atoms. The summed E-state index contributed by atoms with van der Waals surface area (Å²) in [5, 5.41) is 3.92. The van der Waals surface area contributed by atoms with E-state index in [0.29, 0.717) is 24.0 Å². The molecule has 0 amide bonds. The van der Waals surface area contributed by atoms with E-state index >= 15 is 0 Å². The molecule has 0 aromatic heterocycles. The van der Waals surface area contributed by atoms with E-state index in [2.05, 4.69) is 12.2 Å². The lowest BCUT2D eigenvalue weighted by Gasteiger charge is -2.22. The molecule has 4 rings (SSSR count). The molecular weight excluding hydrogens is 452 g/mol. The van der Waals surface area contributed by atoms with Gasteiger partial charge in [0.25, 0.3) is 0 Å². The highest BCUT2D eigenvalue weighted by Gasteiger charge is 2.66. The van der Waals surface area contributed by atoms with Gasteiger partial charge in [-0.3, -0.25) is 14.6 Å². The van der Waals surface area contributed by atoms with Crippen molar-refractivity contribution >= 4 is 46.7 Å². The van der Waals surface area contributed by atoms with Gasteiger partial charge in [-0.25, -0.2) is 0 Å². The van der Waals surface area contributed by atoms with E-state index in [1.165, 1.54) is 0 Å². The maximum absolute atomic E-state index is 12.9. The number of cyclic esters (lactones) is 2. The molecule has 0 aliphatic carbocycles. The highest BCUT2D eigenvalue weighted by molar-refractivity contribution is 8.01. The zero-order valence-electron chi connectivity index (χ0n) is 18.4. The van der Waals surface area contributed by atoms with Crippen molar-refractivity contribution in [3.05, 3.63) is 29.3 Å². The normalized spacial score (nSPS) is 31.7. The number of benzene rings is 1. The lowest BCUT2D eigenvalue weighted by molar-refractivity contribution is -0.159. The summed E-state index contributed by atoms with van der Waals surface area (Å²) in [5.74, 6) is -0.430. The van der Waals surface area contributed by atoms with Gasteiger partial charge in [0, 0.05) is 25.2 Å². The van der Waals surface area contributed by atoms with Crippen LogP contribution < -0.4 is 5.32 Å². The van der Waals surface area contributed by atoms with E-state index < -0.39 is 29.1 Å². The van der Waals surface area contributed by atoms with Gasteiger partial charge in [0.05, 0.1) is 23.0 Å². The molecule has 2 saturated heterocycles. The molecule has 1 aromatic rings. The molecule has 2 fully saturated rings. The molecule has 1 aromatic carbocycles. The van der Waals surface area contributed by atoms with Crippen LogP contribution in [-0.4, -0.2) is 53.8 Å². The van der Waals surface area contributed by atoms with Crippen LogP contribution in [0.2, 0.25) is 5.02 Å². The van der Waals surface area contributed by atoms with Gasteiger partial charge in [0.1, 0.15) is 11.7 Å². The Bertz CT molecular complexity index is 912. The quantitative estimate of drug-likeness (QED) is 0.317. The number of para-hydroxylation sites is 1. The van der Waals surface area contributed by atoms with E-state index in [9.17, 15) is 9.59 Å². The summed E-state index contributed by atoms with van der Waals surface area (Å²) in [6.45, 7) is 4.90. The predicted octanol–water partition coefficient (Wildman–Crippen LogP) is 4.44. The van der Waals surface area contributed by atoms with E-state index in [-0.39, 0.29) is 18.3 Å². The summed E-state index contributed by atoms with van der Waals surface area (Å²) >= 11 is 7.82. The second-order valence-electron chi connectivity index (χ2n) is 8.76. The third-order valence-corrected chi connectivity index (χ3v) is 7.51. The second kappa shape index (κ2) is 9.61. The first-order chi connectivity index (χ1) is 15.4. The van der Waals surface area contributed by atoms with Crippen molar-refractivity contribution in [2.75, 3.05) is 24.3 Å². The summed E-state index contributed by atoms with van der Waals surface area (Å²) in [5.41, 5.74) is -0.895. The summed E-state index contributed by atoms with van der Waals surface area (Å²) in [7, 11) is 0. The van der Waals surface area contributed by atoms with Gasteiger partial charge in [-0.2, -0.15) is 0 Å². The Morgan fingerprint density at radius 3 is 2.88 bits per heavy atom. The van der Waals surface area contributed by atoms with Gasteiger partial charge in [0.2, 0.25) is 0 Å². The first-order valence-electron chi connectivity index (χ1n) is 11.1. The molecule has 4 atom stereocenters. The molecule has 1 N–H and O–H groups in total. The van der Waals surface area contributed by atoms with Crippen LogP contribution in [0, 0.1) is 5.41 Å². The van der Waals surface area contributed by atoms with E-state index in [1.807, 2.05) is 31.2 Å². The number of rotatable bonds is 9. The smallest absolute Gasteiger partial charge is 0.324 e. The molecule has 1 spiro atoms. The highest BCUT2D eigenvalue weighted by Crippen LogP contribution is 2.50. The monoisotopic (exact) mass is 480 g/mol. The van der Waals surface area contributed by atoms with Crippen LogP contribution >= 0.6 is 23.4 Å². The first kappa shape index (κ1) is 23.4. The fourth-order valence-corrected chi connectivity index (χ4v) is 5.74. The van der Waals surface area contributed by atoms with Gasteiger partial charge in [0.15, 0.2) is 10.9 Å². The number of carbonyl (C=O) groups excluding carboxylic acids is 2. The topological polar surface area (TPSA) is 86.2 Å². The Labute approximate surface area is 197 Å². The molecule has 0 radical (unpaired) electrons. The molecule has 3 heterocycles. The predicted molar refractivity (Wildman–Crippen MR) is 125 cm³/mol. The van der Waals surface area contributed by atoms with Crippen LogP contribution in [-0.2, 0) is 23.8 Å². The molecule has 32 heavy (non-hydrogen) atoms. The summed E-state index contributed by atoms with van der Waals surface area (Å²) in [6, 6.07) is 7.47. The molecular formula is C23H29ClN2O5S. The number of esters is 2. The molecule has 0 saturated carbocycles. The van der Waals surface area contributed by atoms with Crippen LogP contribution in [0.1, 0.15) is 46.0 Å². The standard InChI is InChI=1S/C23H29ClN2O5S/c1-3-4-7-10-29-12-15-11-23(19(27)30-15)14-22(2,31-20(23)28)18-13-32-21(26-18)25-17-9-6-5-8-16(17)24/h5-6,8-9,15,21,25H,3-4,7,10-14H2,1-2H3. The van der Waals surface area contributed by atoms with Gasteiger partial charge in [-0.15, -0.1) is 11.8 Å². The minimum Gasteiger partial charge on any atom is -0.459 e. The second-order valence-corrected chi connectivity index (χ2v) is 10.2. The zero-order chi connectivity index (χ0) is 22.8. The number of anilines is 1. The molecule has 7 nitrogen and oxygen atoms in total. The number of carbonyl (C=O) groups is 2. The van der Waals surface area contributed by atoms with E-state index in [4.69, 9.17) is 30.8 Å². The Morgan fingerprint density at radius 1 is 1.28 bits per heavy atom. The number of nitrogens with zero attached hydrogens (tertiary/aromatic N) is 1. The van der Waals surface area contributed by atoms with Gasteiger partial charge in [-0.05, 0) is 25.5 Å². The SMILES string of the molecule is CCCCCOCC1CC2(CC(C)(C3=NC(Nc4ccccc4Cl)SC3)OC2=O)C(=O)O1. The Morgan fingerprint density at radius 2 is 2.09 bits per heavy atom. The molecule has 174 valence electrons. The van der Waals surface area contributed by atoms with Crippen LogP contribution in [0.4, 0.5) is 5.69 Å². The Kier molecular flexibility index (Phi) is 7.03. The number of ether oxygens (including phenoxy) is 3. The van der Waals surface area contributed by atoms with Crippen molar-refractivity contribution in [2.24, 2.45) is 10.4 Å². The van der Waals surface area contributed by atoms with Crippen LogP contribution in [0.15, 0.2) is 29.3 Å². The maximum atomic E-state index is 12.9. The third-order valence-electron chi connectivity index (χ3n) is 6.20. The summed E-state index contributed by atoms with van der Waals surface area (Å²) in [6.07, 6.45) is 3.30. The van der Waals surface area contributed by atoms with Gasteiger partial charge < -0.3 is 19.5 Å². The Hall–Kier alpha value is -1.77. The number of halogens is 1. The number of aliphatic imine (C=N–C) groups is 1. The number of hydrogen-bond donors (Lipinski definition) is 1. The molecule has 3 aliphatic rings. The number of nitrogens with one attached hydrogen (secondary N) is 1. The first-order valence-corrected chi connectivity index (χ1v) is 12.5. The van der Waals surface area contributed by atoms with E-state index in [1.54, 1.807) is 11.8 Å². The van der Waals surface area contributed by atoms with Gasteiger partial charge >= 0.3 is 11.9 Å². The van der Waals surface area contributed by atoms with Crippen molar-refractivity contribution in [2.45, 2.75) is 63.2 Å². The van der Waals surface area contributed by atoms with Crippen molar-refractivity contribution in [3.8, 4) is 0 Å². The third kappa shape index (κ3) is 4.63. The van der Waals surface area contributed by atoms with Crippen molar-refractivity contribution in [1.29, 1.82) is 0 Å². The fraction of sp³-hybridized carbons (Fsp3) is 0.609. The van der Waals surface area contributed by atoms with Crippen molar-refractivity contribution in [1.82, 2.24) is 0 Å². The number of hydrogen-bond acceptors (Lipinski definition) is 8. The lowest BCUT2D eigenvalue weighted by atomic mass is 9.77. The number of thioether (sulfide) groups is 1. The largest absolute Gasteiger partial charge is 0.459 e. The summed E-state index contributed by atoms with van der Waals surface area (Å²) < 4.78 is 17.0. The lowest BCUT2D eigenvalue weighted by Crippen LogP contribution is -2.37. The Balaban J connectivity index is 1.40. The average molecular weight is 481 g/mol. The van der Waals surface area contributed by atoms with Crippen LogP contribution in [0.5, 0.6) is 0 Å². The average Bonchev–Trinajstić information content (AvgIpc) is 3.42. The number of unbranched alkanes of at least 4 members (excludes halogenated alkanes) is 2. The fourth-order valence-electron chi connectivity index (χ4n) is 4.45. The van der Waals surface area contributed by atoms with Gasteiger partial charge in [-0.1, -0.05) is 43.5 Å². The van der Waals surface area contributed by atoms with Crippen molar-refractivity contribution < 1.29 is 23.8 Å². The highest BCUT2D eigenvalue weighted by atomic mass is 35.5. The van der Waals surface area contributed by atoms with Crippen LogP contribution in [0.3, 0.4) is 0 Å². The molecule has 4 unspecified atom stereocenters. The maximum Gasteiger partial charge on any atom is 0.324 e. The summed E-state index contributed by atoms with van der Waals surface area (Å²) in [4.78, 5) is 30.4. The van der Waals surface area contributed by atoms with E-state index in [0.717, 1.165) is 30.7 Å². The minimum atomic E-state index is -1.27. The zero-order valence-corrected chi connectivity index (χ0v) is 20.0. The van der Waals surface area contributed by atoms with Crippen molar-refractivity contribution in [3.63, 3.8) is 0 Å².